The van der Waals surface area contributed by atoms with Crippen LogP contribution in [0, 0.1) is 11.2 Å². The maximum Gasteiger partial charge on any atom is 0.237 e. The average molecular weight is 554 g/mol. The molecular weight excluding hydrogens is 517 g/mol. The lowest BCUT2D eigenvalue weighted by molar-refractivity contribution is -0.123. The fourth-order valence-electron chi connectivity index (χ4n) is 6.86. The van der Waals surface area contributed by atoms with Crippen LogP contribution in [0.4, 0.5) is 21.6 Å². The van der Waals surface area contributed by atoms with E-state index in [2.05, 4.69) is 51.1 Å². The maximum absolute atomic E-state index is 14.6. The lowest BCUT2D eigenvalue weighted by Gasteiger charge is -2.55. The van der Waals surface area contributed by atoms with E-state index in [1.165, 1.54) is 6.20 Å². The first-order chi connectivity index (χ1) is 19.6. The van der Waals surface area contributed by atoms with Crippen molar-refractivity contribution < 1.29 is 9.18 Å². The van der Waals surface area contributed by atoms with Crippen LogP contribution in [0.15, 0.2) is 49.1 Å². The first kappa shape index (κ1) is 26.1. The highest BCUT2D eigenvalue weighted by Gasteiger charge is 2.51. The number of aryl methyl sites for hydroxylation is 1. The van der Waals surface area contributed by atoms with E-state index in [4.69, 9.17) is 4.98 Å². The van der Waals surface area contributed by atoms with Gasteiger partial charge in [0.2, 0.25) is 5.91 Å². The van der Waals surface area contributed by atoms with Gasteiger partial charge in [0, 0.05) is 49.2 Å². The number of nitrogens with one attached hydrogen (secondary N) is 1. The van der Waals surface area contributed by atoms with Crippen LogP contribution in [-0.2, 0) is 16.8 Å². The summed E-state index contributed by atoms with van der Waals surface area (Å²) in [5.74, 6) is 0.234. The molecule has 5 heterocycles. The van der Waals surface area contributed by atoms with Crippen LogP contribution in [0.25, 0.3) is 22.3 Å². The Kier molecular flexibility index (Phi) is 5.77. The SMILES string of the molecule is CCn1cnc2cc(-c3ccc4c(c3)N(C3CC(N5CC(C)(C)C5)C3)C(=O)C4(C)C)nc(Nc3ccncc3F)c21. The number of carbonyl (C=O) groups excluding carboxylic acids is 1. The maximum atomic E-state index is 14.6. The standard InChI is InChI=1S/C32H36FN7O/c1-6-38-18-35-26-14-25(37-29(28(26)38)36-24-9-10-34-15-23(24)33)19-7-8-22-27(11-19)40(30(41)32(22,4)5)21-12-20(13-21)39-16-31(2,3)17-39/h7-11,14-15,18,20-21H,6,12-13,16-17H2,1-5H3,(H,34,36,37). The topological polar surface area (TPSA) is 79.2 Å². The summed E-state index contributed by atoms with van der Waals surface area (Å²) in [7, 11) is 0. The van der Waals surface area contributed by atoms with Crippen LogP contribution in [0.2, 0.25) is 0 Å². The van der Waals surface area contributed by atoms with Gasteiger partial charge >= 0.3 is 0 Å². The van der Waals surface area contributed by atoms with Crippen molar-refractivity contribution in [1.82, 2.24) is 24.4 Å². The van der Waals surface area contributed by atoms with Crippen LogP contribution in [0.1, 0.15) is 53.0 Å². The average Bonchev–Trinajstić information content (AvgIpc) is 3.40. The van der Waals surface area contributed by atoms with E-state index in [1.807, 2.05) is 37.5 Å². The van der Waals surface area contributed by atoms with Crippen molar-refractivity contribution in [2.24, 2.45) is 5.41 Å². The molecule has 41 heavy (non-hydrogen) atoms. The number of imidazole rings is 1. The molecule has 0 spiro atoms. The van der Waals surface area contributed by atoms with Crippen molar-refractivity contribution in [3.8, 4) is 11.3 Å². The van der Waals surface area contributed by atoms with Gasteiger partial charge in [-0.3, -0.25) is 14.7 Å². The van der Waals surface area contributed by atoms with Crippen molar-refractivity contribution in [3.05, 3.63) is 60.4 Å². The van der Waals surface area contributed by atoms with Gasteiger partial charge in [-0.25, -0.2) is 14.4 Å². The summed E-state index contributed by atoms with van der Waals surface area (Å²) >= 11 is 0. The Balaban J connectivity index is 1.25. The molecule has 1 aromatic carbocycles. The van der Waals surface area contributed by atoms with Gasteiger partial charge in [0.1, 0.15) is 5.52 Å². The molecular formula is C32H36FN7O. The van der Waals surface area contributed by atoms with E-state index < -0.39 is 11.2 Å². The molecule has 2 aliphatic heterocycles. The predicted molar refractivity (Wildman–Crippen MR) is 159 cm³/mol. The minimum Gasteiger partial charge on any atom is -0.336 e. The van der Waals surface area contributed by atoms with E-state index in [0.29, 0.717) is 35.2 Å². The third kappa shape index (κ3) is 4.12. The van der Waals surface area contributed by atoms with Crippen LogP contribution in [0.5, 0.6) is 0 Å². The molecule has 1 aliphatic carbocycles. The number of amides is 1. The highest BCUT2D eigenvalue weighted by atomic mass is 19.1. The first-order valence-electron chi connectivity index (χ1n) is 14.5. The molecule has 0 radical (unpaired) electrons. The van der Waals surface area contributed by atoms with Gasteiger partial charge in [0.25, 0.3) is 0 Å². The number of hydrogen-bond acceptors (Lipinski definition) is 6. The number of benzene rings is 1. The molecule has 7 rings (SSSR count). The summed E-state index contributed by atoms with van der Waals surface area (Å²) in [5.41, 5.74) is 5.32. The summed E-state index contributed by atoms with van der Waals surface area (Å²) in [6.45, 7) is 13.7. The molecule has 4 aromatic rings. The number of hydrogen-bond donors (Lipinski definition) is 1. The van der Waals surface area contributed by atoms with Gasteiger partial charge in [0.05, 0.1) is 34.8 Å². The molecule has 2 fully saturated rings. The Labute approximate surface area is 239 Å². The summed E-state index contributed by atoms with van der Waals surface area (Å²) in [5, 5.41) is 3.18. The minimum atomic E-state index is -0.583. The monoisotopic (exact) mass is 553 g/mol. The van der Waals surface area contributed by atoms with Crippen LogP contribution in [0.3, 0.4) is 0 Å². The molecule has 8 nitrogen and oxygen atoms in total. The molecule has 9 heteroatoms. The van der Waals surface area contributed by atoms with Gasteiger partial charge in [-0.15, -0.1) is 0 Å². The number of anilines is 3. The molecule has 1 N–H and O–H groups in total. The fourth-order valence-corrected chi connectivity index (χ4v) is 6.86. The zero-order valence-corrected chi connectivity index (χ0v) is 24.3. The van der Waals surface area contributed by atoms with Crippen LogP contribution in [-0.4, -0.2) is 55.5 Å². The van der Waals surface area contributed by atoms with Crippen molar-refractivity contribution in [2.75, 3.05) is 23.3 Å². The van der Waals surface area contributed by atoms with E-state index in [-0.39, 0.29) is 11.9 Å². The molecule has 1 saturated carbocycles. The van der Waals surface area contributed by atoms with Gasteiger partial charge in [-0.05, 0) is 62.8 Å². The molecule has 0 bridgehead atoms. The molecule has 0 atom stereocenters. The molecule has 3 aromatic heterocycles. The quantitative estimate of drug-likeness (QED) is 0.321. The van der Waals surface area contributed by atoms with Crippen molar-refractivity contribution >= 4 is 34.1 Å². The minimum absolute atomic E-state index is 0.164. The summed E-state index contributed by atoms with van der Waals surface area (Å²) in [4.78, 5) is 31.8. The normalized spacial score (nSPS) is 22.9. The Morgan fingerprint density at radius 3 is 2.56 bits per heavy atom. The van der Waals surface area contributed by atoms with E-state index in [9.17, 15) is 9.18 Å². The number of rotatable bonds is 6. The second-order valence-corrected chi connectivity index (χ2v) is 13.1. The molecule has 212 valence electrons. The van der Waals surface area contributed by atoms with E-state index >= 15 is 0 Å². The Hall–Kier alpha value is -3.85. The third-order valence-electron chi connectivity index (χ3n) is 9.17. The Bertz CT molecular complexity index is 1680. The second-order valence-electron chi connectivity index (χ2n) is 13.1. The van der Waals surface area contributed by atoms with Crippen LogP contribution >= 0.6 is 0 Å². The smallest absolute Gasteiger partial charge is 0.237 e. The molecule has 3 aliphatic rings. The van der Waals surface area contributed by atoms with Crippen molar-refractivity contribution in [3.63, 3.8) is 0 Å². The van der Waals surface area contributed by atoms with Gasteiger partial charge in [0.15, 0.2) is 11.6 Å². The van der Waals surface area contributed by atoms with Crippen molar-refractivity contribution in [2.45, 2.75) is 71.5 Å². The highest BCUT2D eigenvalue weighted by molar-refractivity contribution is 6.08. The highest BCUT2D eigenvalue weighted by Crippen LogP contribution is 2.48. The van der Waals surface area contributed by atoms with Gasteiger partial charge in [-0.1, -0.05) is 26.0 Å². The third-order valence-corrected chi connectivity index (χ3v) is 9.17. The lowest BCUT2D eigenvalue weighted by Crippen LogP contribution is -2.64. The number of fused-ring (bicyclic) bond motifs is 2. The number of likely N-dealkylation sites (tertiary alicyclic amines) is 1. The second kappa shape index (κ2) is 9.08. The predicted octanol–water partition coefficient (Wildman–Crippen LogP) is 5.89. The number of pyridine rings is 2. The fraction of sp³-hybridized carbons (Fsp3) is 0.438. The number of carbonyl (C=O) groups is 1. The first-order valence-corrected chi connectivity index (χ1v) is 14.5. The zero-order chi connectivity index (χ0) is 28.7. The summed E-state index contributed by atoms with van der Waals surface area (Å²) < 4.78 is 16.5. The van der Waals surface area contributed by atoms with Gasteiger partial charge < -0.3 is 14.8 Å². The number of aromatic nitrogens is 4. The largest absolute Gasteiger partial charge is 0.336 e. The molecule has 1 amide bonds. The molecule has 1 saturated heterocycles. The zero-order valence-electron chi connectivity index (χ0n) is 24.3. The number of nitrogens with zero attached hydrogens (tertiary/aromatic N) is 6. The Morgan fingerprint density at radius 1 is 1.07 bits per heavy atom. The summed E-state index contributed by atoms with van der Waals surface area (Å²) in [6.07, 6.45) is 6.52. The van der Waals surface area contributed by atoms with Crippen LogP contribution < -0.4 is 10.2 Å². The summed E-state index contributed by atoms with van der Waals surface area (Å²) in [6, 6.07) is 10.5. The molecule has 0 unspecified atom stereocenters. The number of halogens is 1. The Morgan fingerprint density at radius 2 is 1.85 bits per heavy atom. The van der Waals surface area contributed by atoms with Crippen molar-refractivity contribution in [1.29, 1.82) is 0 Å². The van der Waals surface area contributed by atoms with E-state index in [0.717, 1.165) is 53.8 Å². The van der Waals surface area contributed by atoms with E-state index in [1.54, 1.807) is 18.6 Å². The lowest BCUT2D eigenvalue weighted by atomic mass is 9.76. The van der Waals surface area contributed by atoms with Gasteiger partial charge in [-0.2, -0.15) is 0 Å².